The van der Waals surface area contributed by atoms with E-state index in [2.05, 4.69) is 43.6 Å². The molecule has 1 aliphatic rings. The molecule has 7 heteroatoms. The largest absolute Gasteiger partial charge is 0.480 e. The molecule has 1 N–H and O–H groups in total. The van der Waals surface area contributed by atoms with Gasteiger partial charge in [-0.3, -0.25) is 9.59 Å². The molecule has 3 rings (SSSR count). The number of aromatic nitrogens is 2. The lowest BCUT2D eigenvalue weighted by atomic mass is 10.1. The van der Waals surface area contributed by atoms with Crippen LogP contribution in [0.5, 0.6) is 0 Å². The van der Waals surface area contributed by atoms with Crippen LogP contribution in [0.15, 0.2) is 27.5 Å². The number of hydrogen-bond acceptors (Lipinski definition) is 3. The van der Waals surface area contributed by atoms with E-state index in [1.165, 1.54) is 0 Å². The van der Waals surface area contributed by atoms with Gasteiger partial charge in [-0.05, 0) is 24.6 Å². The maximum Gasteiger partial charge on any atom is 0.325 e. The highest BCUT2D eigenvalue weighted by Gasteiger charge is 2.39. The van der Waals surface area contributed by atoms with Crippen LogP contribution in [-0.4, -0.2) is 24.8 Å². The zero-order valence-electron chi connectivity index (χ0n) is 10.2. The Kier molecular flexibility index (Phi) is 3.57. The van der Waals surface area contributed by atoms with E-state index in [0.717, 1.165) is 26.7 Å². The molecule has 0 bridgehead atoms. The molecule has 104 valence electrons. The van der Waals surface area contributed by atoms with E-state index >= 15 is 0 Å². The maximum atomic E-state index is 12.3. The molecule has 0 amide bonds. The average molecular weight is 449 g/mol. The molecule has 0 spiro atoms. The zero-order valence-corrected chi connectivity index (χ0v) is 14.0. The molecule has 1 aromatic carbocycles. The van der Waals surface area contributed by atoms with E-state index in [1.807, 2.05) is 6.07 Å². The average Bonchev–Trinajstić information content (AvgIpc) is 3.09. The van der Waals surface area contributed by atoms with Crippen LogP contribution in [0.4, 0.5) is 0 Å². The fourth-order valence-electron chi connectivity index (χ4n) is 2.24. The predicted octanol–water partition coefficient (Wildman–Crippen LogP) is 2.53. The molecule has 1 saturated carbocycles. The quantitative estimate of drug-likeness (QED) is 0.578. The first-order valence-corrected chi connectivity index (χ1v) is 8.07. The topological polar surface area (TPSA) is 72.2 Å². The third-order valence-electron chi connectivity index (χ3n) is 3.30. The van der Waals surface area contributed by atoms with Gasteiger partial charge in [0.2, 0.25) is 0 Å². The van der Waals surface area contributed by atoms with Gasteiger partial charge in [-0.2, -0.15) is 5.10 Å². The molecular formula is C13H10BrIN2O3. The Morgan fingerprint density at radius 3 is 2.80 bits per heavy atom. The van der Waals surface area contributed by atoms with Gasteiger partial charge in [-0.25, -0.2) is 4.68 Å². The van der Waals surface area contributed by atoms with Crippen LogP contribution in [0.3, 0.4) is 0 Å². The Bertz CT molecular complexity index is 774. The molecule has 5 nitrogen and oxygen atoms in total. The van der Waals surface area contributed by atoms with Crippen molar-refractivity contribution in [2.45, 2.75) is 22.8 Å². The van der Waals surface area contributed by atoms with Gasteiger partial charge in [-0.1, -0.05) is 38.5 Å². The molecule has 1 heterocycles. The zero-order chi connectivity index (χ0) is 14.4. The number of aliphatic carboxylic acids is 1. The monoisotopic (exact) mass is 448 g/mol. The first-order chi connectivity index (χ1) is 9.47. The molecule has 0 saturated heterocycles. The summed E-state index contributed by atoms with van der Waals surface area (Å²) in [5.74, 6) is -0.767. The minimum atomic E-state index is -1.07. The molecule has 0 radical (unpaired) electrons. The first kappa shape index (κ1) is 14.0. The molecule has 1 fully saturated rings. The fourth-order valence-corrected chi connectivity index (χ4v) is 3.49. The van der Waals surface area contributed by atoms with Crippen molar-refractivity contribution >= 4 is 55.3 Å². The predicted molar refractivity (Wildman–Crippen MR) is 86.5 cm³/mol. The SMILES string of the molecule is O=C(O)Cn1nc(C2C[C@H]2I)c2cc(Br)ccc2c1=O. The third-order valence-corrected chi connectivity index (χ3v) is 5.17. The van der Waals surface area contributed by atoms with Crippen molar-refractivity contribution in [1.82, 2.24) is 9.78 Å². The molecule has 2 atom stereocenters. The molecule has 1 aromatic heterocycles. The number of carboxylic acid groups (broad SMARTS) is 1. The molecule has 0 aliphatic heterocycles. The Hall–Kier alpha value is -0.960. The van der Waals surface area contributed by atoms with Crippen molar-refractivity contribution in [1.29, 1.82) is 0 Å². The summed E-state index contributed by atoms with van der Waals surface area (Å²) in [6, 6.07) is 5.38. The lowest BCUT2D eigenvalue weighted by molar-refractivity contribution is -0.138. The van der Waals surface area contributed by atoms with Gasteiger partial charge in [0.1, 0.15) is 6.54 Å². The van der Waals surface area contributed by atoms with Crippen molar-refractivity contribution < 1.29 is 9.90 Å². The lowest BCUT2D eigenvalue weighted by Crippen LogP contribution is -2.28. The standard InChI is InChI=1S/C13H10BrIN2O3/c14-6-1-2-7-8(3-6)12(9-4-10(9)15)16-17(13(7)20)5-11(18)19/h1-3,9-10H,4-5H2,(H,18,19)/t9?,10-/m1/s1. The number of halogens is 2. The van der Waals surface area contributed by atoms with Gasteiger partial charge in [0.05, 0.1) is 11.1 Å². The summed E-state index contributed by atoms with van der Waals surface area (Å²) in [6.45, 7) is -0.406. The highest BCUT2D eigenvalue weighted by Crippen LogP contribution is 2.47. The lowest BCUT2D eigenvalue weighted by Gasteiger charge is -2.09. The molecule has 1 aliphatic carbocycles. The molecule has 1 unspecified atom stereocenters. The Balaban J connectivity index is 2.28. The van der Waals surface area contributed by atoms with Crippen molar-refractivity contribution in [2.75, 3.05) is 0 Å². The van der Waals surface area contributed by atoms with Crippen molar-refractivity contribution in [2.24, 2.45) is 0 Å². The van der Waals surface area contributed by atoms with Gasteiger partial charge in [0.15, 0.2) is 0 Å². The van der Waals surface area contributed by atoms with Crippen LogP contribution in [0, 0.1) is 0 Å². The Morgan fingerprint density at radius 1 is 1.50 bits per heavy atom. The molecular weight excluding hydrogens is 439 g/mol. The minimum absolute atomic E-state index is 0.299. The van der Waals surface area contributed by atoms with Crippen LogP contribution in [0.25, 0.3) is 10.8 Å². The fraction of sp³-hybridized carbons (Fsp3) is 0.308. The summed E-state index contributed by atoms with van der Waals surface area (Å²) in [7, 11) is 0. The second-order valence-corrected chi connectivity index (χ2v) is 7.31. The number of nitrogens with zero attached hydrogens (tertiary/aromatic N) is 2. The summed E-state index contributed by atoms with van der Waals surface area (Å²) in [5.41, 5.74) is 0.464. The number of carboxylic acids is 1. The number of alkyl halides is 1. The van der Waals surface area contributed by atoms with Crippen molar-refractivity contribution in [3.05, 3.63) is 38.7 Å². The maximum absolute atomic E-state index is 12.3. The smallest absolute Gasteiger partial charge is 0.325 e. The third kappa shape index (κ3) is 2.48. The summed E-state index contributed by atoms with van der Waals surface area (Å²) in [6.07, 6.45) is 1.01. The van der Waals surface area contributed by atoms with Gasteiger partial charge in [0.25, 0.3) is 5.56 Å². The highest BCUT2D eigenvalue weighted by molar-refractivity contribution is 14.1. The summed E-state index contributed by atoms with van der Waals surface area (Å²) in [5, 5.41) is 14.5. The summed E-state index contributed by atoms with van der Waals surface area (Å²) in [4.78, 5) is 23.1. The molecule has 20 heavy (non-hydrogen) atoms. The summed E-state index contributed by atoms with van der Waals surface area (Å²) < 4.78 is 2.43. The number of hydrogen-bond donors (Lipinski definition) is 1. The Labute approximate surface area is 136 Å². The van der Waals surface area contributed by atoms with Crippen molar-refractivity contribution in [3.63, 3.8) is 0 Å². The molecule has 2 aromatic rings. The number of benzene rings is 1. The van der Waals surface area contributed by atoms with Crippen LogP contribution in [0.1, 0.15) is 18.0 Å². The highest BCUT2D eigenvalue weighted by atomic mass is 127. The van der Waals surface area contributed by atoms with E-state index in [-0.39, 0.29) is 5.56 Å². The van der Waals surface area contributed by atoms with E-state index in [1.54, 1.807) is 12.1 Å². The van der Waals surface area contributed by atoms with Crippen molar-refractivity contribution in [3.8, 4) is 0 Å². The van der Waals surface area contributed by atoms with Crippen LogP contribution in [0.2, 0.25) is 0 Å². The normalized spacial score (nSPS) is 21.1. The van der Waals surface area contributed by atoms with Crippen LogP contribution < -0.4 is 5.56 Å². The minimum Gasteiger partial charge on any atom is -0.480 e. The van der Waals surface area contributed by atoms with Gasteiger partial charge < -0.3 is 5.11 Å². The number of fused-ring (bicyclic) bond motifs is 1. The second-order valence-electron chi connectivity index (χ2n) is 4.79. The van der Waals surface area contributed by atoms with Crippen LogP contribution in [-0.2, 0) is 11.3 Å². The van der Waals surface area contributed by atoms with Gasteiger partial charge >= 0.3 is 5.97 Å². The second kappa shape index (κ2) is 5.10. The van der Waals surface area contributed by atoms with E-state index < -0.39 is 12.5 Å². The van der Waals surface area contributed by atoms with E-state index in [9.17, 15) is 9.59 Å². The van der Waals surface area contributed by atoms with Gasteiger partial charge in [-0.15, -0.1) is 0 Å². The summed E-state index contributed by atoms with van der Waals surface area (Å²) >= 11 is 5.75. The number of carbonyl (C=O) groups is 1. The first-order valence-electron chi connectivity index (χ1n) is 6.03. The number of rotatable bonds is 3. The van der Waals surface area contributed by atoms with Crippen LogP contribution >= 0.6 is 38.5 Å². The van der Waals surface area contributed by atoms with E-state index in [0.29, 0.717) is 15.2 Å². The van der Waals surface area contributed by atoms with Gasteiger partial charge in [0, 0.05) is 19.7 Å². The Morgan fingerprint density at radius 2 is 2.20 bits per heavy atom. The van der Waals surface area contributed by atoms with E-state index in [4.69, 9.17) is 5.11 Å².